The highest BCUT2D eigenvalue weighted by Crippen LogP contribution is 2.28. The molecule has 0 aliphatic heterocycles. The topological polar surface area (TPSA) is 0 Å². The maximum atomic E-state index is 4.15. The Morgan fingerprint density at radius 1 is 1.19 bits per heavy atom. The van der Waals surface area contributed by atoms with Crippen molar-refractivity contribution in [2.45, 2.75) is 40.5 Å². The van der Waals surface area contributed by atoms with Gasteiger partial charge in [-0.15, -0.1) is 0 Å². The Balaban J connectivity index is 2.89. The van der Waals surface area contributed by atoms with Crippen molar-refractivity contribution in [3.05, 3.63) is 58.7 Å². The van der Waals surface area contributed by atoms with Crippen LogP contribution in [0.4, 0.5) is 0 Å². The first kappa shape index (κ1) is 12.8. The van der Waals surface area contributed by atoms with Gasteiger partial charge in [0.25, 0.3) is 0 Å². The third-order valence-corrected chi connectivity index (χ3v) is 3.31. The molecular weight excluding hydrogens is 192 g/mol. The second kappa shape index (κ2) is 5.16. The summed E-state index contributed by atoms with van der Waals surface area (Å²) in [5.74, 6) is 0. The molecule has 0 amide bonds. The van der Waals surface area contributed by atoms with Crippen molar-refractivity contribution in [1.29, 1.82) is 0 Å². The van der Waals surface area contributed by atoms with E-state index in [1.807, 2.05) is 6.92 Å². The predicted molar refractivity (Wildman–Crippen MR) is 73.4 cm³/mol. The van der Waals surface area contributed by atoms with Crippen LogP contribution < -0.4 is 0 Å². The standard InChI is InChI=1S/C16H22/c1-11(2)13(4)9-15(6)16-8-7-12(3)14(5)10-16/h9-10H,1,6-8H2,2-5H3/b13-9-. The summed E-state index contributed by atoms with van der Waals surface area (Å²) in [4.78, 5) is 0. The predicted octanol–water partition coefficient (Wildman–Crippen LogP) is 5.12. The Labute approximate surface area is 99.8 Å². The average Bonchev–Trinajstić information content (AvgIpc) is 2.21. The molecule has 1 rings (SSSR count). The van der Waals surface area contributed by atoms with E-state index in [0.717, 1.165) is 24.0 Å². The summed E-state index contributed by atoms with van der Waals surface area (Å²) in [6.07, 6.45) is 6.68. The summed E-state index contributed by atoms with van der Waals surface area (Å²) in [6, 6.07) is 0. The Kier molecular flexibility index (Phi) is 4.12. The number of allylic oxidation sites excluding steroid dienone is 8. The number of hydrogen-bond donors (Lipinski definition) is 0. The Morgan fingerprint density at radius 3 is 2.31 bits per heavy atom. The maximum Gasteiger partial charge on any atom is -0.0236 e. The SMILES string of the molecule is C=C(/C=C(/C)C(=C)C)C1=CC(C)=C(C)CC1. The minimum Gasteiger partial charge on any atom is -0.0958 e. The van der Waals surface area contributed by atoms with Crippen LogP contribution in [-0.4, -0.2) is 0 Å². The molecule has 1 aliphatic carbocycles. The van der Waals surface area contributed by atoms with Gasteiger partial charge in [0, 0.05) is 0 Å². The summed E-state index contributed by atoms with van der Waals surface area (Å²) in [5, 5.41) is 0. The van der Waals surface area contributed by atoms with Crippen molar-refractivity contribution in [2.75, 3.05) is 0 Å². The van der Waals surface area contributed by atoms with E-state index in [1.54, 1.807) is 0 Å². The van der Waals surface area contributed by atoms with Crippen molar-refractivity contribution in [2.24, 2.45) is 0 Å². The fourth-order valence-electron chi connectivity index (χ4n) is 1.71. The monoisotopic (exact) mass is 214 g/mol. The van der Waals surface area contributed by atoms with Gasteiger partial charge >= 0.3 is 0 Å². The molecular formula is C16H22. The van der Waals surface area contributed by atoms with Gasteiger partial charge in [0.15, 0.2) is 0 Å². The summed E-state index contributed by atoms with van der Waals surface area (Å²) in [5.41, 5.74) is 7.72. The van der Waals surface area contributed by atoms with Gasteiger partial charge < -0.3 is 0 Å². The average molecular weight is 214 g/mol. The number of rotatable bonds is 3. The van der Waals surface area contributed by atoms with Crippen LogP contribution in [-0.2, 0) is 0 Å². The molecule has 1 aliphatic rings. The molecule has 0 atom stereocenters. The molecule has 0 radical (unpaired) electrons. The molecule has 0 nitrogen and oxygen atoms in total. The highest BCUT2D eigenvalue weighted by Gasteiger charge is 2.09. The number of hydrogen-bond acceptors (Lipinski definition) is 0. The van der Waals surface area contributed by atoms with Crippen LogP contribution in [0.2, 0.25) is 0 Å². The van der Waals surface area contributed by atoms with E-state index in [0.29, 0.717) is 0 Å². The summed E-state index contributed by atoms with van der Waals surface area (Å²) >= 11 is 0. The molecule has 0 N–H and O–H groups in total. The van der Waals surface area contributed by atoms with E-state index in [2.05, 4.69) is 46.1 Å². The van der Waals surface area contributed by atoms with Crippen molar-refractivity contribution in [3.63, 3.8) is 0 Å². The van der Waals surface area contributed by atoms with Crippen LogP contribution >= 0.6 is 0 Å². The largest absolute Gasteiger partial charge is 0.0958 e. The van der Waals surface area contributed by atoms with Crippen LogP contribution in [0.1, 0.15) is 40.5 Å². The second-order valence-electron chi connectivity index (χ2n) is 4.77. The Morgan fingerprint density at radius 2 is 1.81 bits per heavy atom. The fraction of sp³-hybridized carbons (Fsp3) is 0.375. The van der Waals surface area contributed by atoms with Gasteiger partial charge in [-0.05, 0) is 57.3 Å². The molecule has 0 heteroatoms. The van der Waals surface area contributed by atoms with E-state index in [1.165, 1.54) is 22.3 Å². The normalized spacial score (nSPS) is 17.2. The zero-order valence-corrected chi connectivity index (χ0v) is 11.0. The highest BCUT2D eigenvalue weighted by atomic mass is 14.1. The minimum absolute atomic E-state index is 1.11. The molecule has 0 bridgehead atoms. The quantitative estimate of drug-likeness (QED) is 0.572. The van der Waals surface area contributed by atoms with Gasteiger partial charge in [-0.25, -0.2) is 0 Å². The molecule has 0 heterocycles. The van der Waals surface area contributed by atoms with Gasteiger partial charge in [0.2, 0.25) is 0 Å². The van der Waals surface area contributed by atoms with Gasteiger partial charge in [0.05, 0.1) is 0 Å². The molecule has 0 saturated carbocycles. The van der Waals surface area contributed by atoms with Crippen LogP contribution in [0.25, 0.3) is 0 Å². The van der Waals surface area contributed by atoms with Gasteiger partial charge in [-0.2, -0.15) is 0 Å². The van der Waals surface area contributed by atoms with E-state index in [9.17, 15) is 0 Å². The zero-order valence-electron chi connectivity index (χ0n) is 11.0. The molecule has 86 valence electrons. The zero-order chi connectivity index (χ0) is 12.3. The van der Waals surface area contributed by atoms with Gasteiger partial charge in [-0.1, -0.05) is 42.0 Å². The first-order chi connectivity index (χ1) is 7.41. The molecule has 16 heavy (non-hydrogen) atoms. The Hall–Kier alpha value is -1.30. The molecule has 0 spiro atoms. The third-order valence-electron chi connectivity index (χ3n) is 3.31. The minimum atomic E-state index is 1.11. The summed E-state index contributed by atoms with van der Waals surface area (Å²) < 4.78 is 0. The van der Waals surface area contributed by atoms with Crippen molar-refractivity contribution in [1.82, 2.24) is 0 Å². The first-order valence-electron chi connectivity index (χ1n) is 5.82. The second-order valence-corrected chi connectivity index (χ2v) is 4.77. The van der Waals surface area contributed by atoms with E-state index >= 15 is 0 Å². The smallest absolute Gasteiger partial charge is 0.0236 e. The molecule has 0 aromatic heterocycles. The molecule has 0 unspecified atom stereocenters. The van der Waals surface area contributed by atoms with Crippen molar-refractivity contribution in [3.8, 4) is 0 Å². The van der Waals surface area contributed by atoms with Crippen LogP contribution in [0, 0.1) is 0 Å². The molecule has 0 fully saturated rings. The van der Waals surface area contributed by atoms with E-state index in [4.69, 9.17) is 0 Å². The Bertz CT molecular complexity index is 411. The van der Waals surface area contributed by atoms with Crippen molar-refractivity contribution < 1.29 is 0 Å². The molecule has 0 aromatic rings. The van der Waals surface area contributed by atoms with Crippen LogP contribution in [0.5, 0.6) is 0 Å². The summed E-state index contributed by atoms with van der Waals surface area (Å²) in [6.45, 7) is 16.6. The van der Waals surface area contributed by atoms with Crippen LogP contribution in [0.15, 0.2) is 58.7 Å². The van der Waals surface area contributed by atoms with E-state index in [-0.39, 0.29) is 0 Å². The first-order valence-corrected chi connectivity index (χ1v) is 5.82. The van der Waals surface area contributed by atoms with Gasteiger partial charge in [0.1, 0.15) is 0 Å². The van der Waals surface area contributed by atoms with E-state index < -0.39 is 0 Å². The summed E-state index contributed by atoms with van der Waals surface area (Å²) in [7, 11) is 0. The fourth-order valence-corrected chi connectivity index (χ4v) is 1.71. The lowest BCUT2D eigenvalue weighted by atomic mass is 9.89. The highest BCUT2D eigenvalue weighted by molar-refractivity contribution is 5.47. The lowest BCUT2D eigenvalue weighted by Gasteiger charge is -2.16. The maximum absolute atomic E-state index is 4.15. The molecule has 0 saturated heterocycles. The third kappa shape index (κ3) is 3.10. The van der Waals surface area contributed by atoms with Crippen LogP contribution in [0.3, 0.4) is 0 Å². The van der Waals surface area contributed by atoms with Crippen molar-refractivity contribution >= 4 is 0 Å². The lowest BCUT2D eigenvalue weighted by molar-refractivity contribution is 0.899. The van der Waals surface area contributed by atoms with Gasteiger partial charge in [-0.3, -0.25) is 0 Å². The lowest BCUT2D eigenvalue weighted by Crippen LogP contribution is -1.97. The molecule has 0 aromatic carbocycles.